The maximum Gasteiger partial charge on any atom is 0.673 e. The molecule has 110 valence electrons. The number of fused-ring (bicyclic) bond motifs is 3. The molecule has 3 saturated carbocycles. The molecule has 3 aliphatic rings. The zero-order valence-corrected chi connectivity index (χ0v) is 9.58. The number of hydrogen-bond acceptors (Lipinski definition) is 0. The predicted octanol–water partition coefficient (Wildman–Crippen LogP) is 5.19. The van der Waals surface area contributed by atoms with Gasteiger partial charge in [-0.15, -0.1) is 0 Å². The Morgan fingerprint density at radius 2 is 0.556 bits per heavy atom. The van der Waals surface area contributed by atoms with Gasteiger partial charge in [0, 0.05) is 0 Å². The molecule has 18 heavy (non-hydrogen) atoms. The topological polar surface area (TPSA) is 0 Å². The van der Waals surface area contributed by atoms with Gasteiger partial charge in [-0.25, -0.2) is 0 Å². The van der Waals surface area contributed by atoms with E-state index >= 15 is 0 Å². The molecule has 0 radical (unpaired) electrons. The first kappa shape index (κ1) is 17.6. The number of rotatable bonds is 0. The third-order valence-electron chi connectivity index (χ3n) is 2.95. The fourth-order valence-corrected chi connectivity index (χ4v) is 2.28. The first-order valence-corrected chi connectivity index (χ1v) is 5.70. The van der Waals surface area contributed by atoms with E-state index in [-0.39, 0.29) is 0 Å². The van der Waals surface area contributed by atoms with Gasteiger partial charge in [-0.3, -0.25) is 0 Å². The smallest absolute Gasteiger partial charge is 0.418 e. The van der Waals surface area contributed by atoms with Crippen LogP contribution in [0.25, 0.3) is 0 Å². The van der Waals surface area contributed by atoms with Gasteiger partial charge in [0.05, 0.1) is 0 Å². The van der Waals surface area contributed by atoms with Gasteiger partial charge in [0.1, 0.15) is 0 Å². The Bertz CT molecular complexity index is 171. The molecule has 0 heterocycles. The summed E-state index contributed by atoms with van der Waals surface area (Å²) in [6.45, 7) is 0. The van der Waals surface area contributed by atoms with Crippen LogP contribution in [0, 0.1) is 11.8 Å². The Hall–Kier alpha value is -0.430. The van der Waals surface area contributed by atoms with Crippen molar-refractivity contribution in [3.8, 4) is 0 Å². The third kappa shape index (κ3) is 15.6. The maximum absolute atomic E-state index is 9.75. The molecule has 10 heteroatoms. The second kappa shape index (κ2) is 7.23. The van der Waals surface area contributed by atoms with Gasteiger partial charge in [0.15, 0.2) is 0 Å². The highest BCUT2D eigenvalue weighted by molar-refractivity contribution is 6.50. The molecule has 0 unspecified atom stereocenters. The van der Waals surface area contributed by atoms with Crippen molar-refractivity contribution in [1.29, 1.82) is 0 Å². The van der Waals surface area contributed by atoms with E-state index in [0.29, 0.717) is 0 Å². The quantitative estimate of drug-likeness (QED) is 0.424. The summed E-state index contributed by atoms with van der Waals surface area (Å²) in [5.41, 5.74) is 0. The highest BCUT2D eigenvalue weighted by Gasteiger charge is 2.26. The zero-order chi connectivity index (χ0) is 14.4. The molecule has 3 fully saturated rings. The second-order valence-corrected chi connectivity index (χ2v) is 4.45. The summed E-state index contributed by atoms with van der Waals surface area (Å²) in [7, 11) is -12.0. The lowest BCUT2D eigenvalue weighted by molar-refractivity contribution is 0.176. The van der Waals surface area contributed by atoms with Crippen LogP contribution in [0.3, 0.4) is 0 Å². The van der Waals surface area contributed by atoms with E-state index in [2.05, 4.69) is 0 Å². The molecule has 0 aliphatic heterocycles. The second-order valence-electron chi connectivity index (χ2n) is 4.45. The monoisotopic (exact) mass is 284 g/mol. The lowest BCUT2D eigenvalue weighted by Crippen LogP contribution is -2.21. The van der Waals surface area contributed by atoms with Crippen LogP contribution in [0.1, 0.15) is 38.5 Å². The Kier molecular flexibility index (Phi) is 7.06. The molecule has 0 aromatic rings. The molecule has 0 amide bonds. The Balaban J connectivity index is 0.000000258. The molecule has 0 atom stereocenters. The lowest BCUT2D eigenvalue weighted by Gasteiger charge is -2.35. The predicted molar refractivity (Wildman–Crippen MR) is 55.1 cm³/mol. The van der Waals surface area contributed by atoms with Gasteiger partial charge < -0.3 is 34.5 Å². The van der Waals surface area contributed by atoms with E-state index in [0.717, 1.165) is 11.8 Å². The van der Waals surface area contributed by atoms with Crippen LogP contribution in [-0.4, -0.2) is 14.5 Å². The zero-order valence-electron chi connectivity index (χ0n) is 9.58. The molecule has 0 nitrogen and oxygen atoms in total. The summed E-state index contributed by atoms with van der Waals surface area (Å²) >= 11 is 0. The van der Waals surface area contributed by atoms with Crippen LogP contribution in [-0.2, 0) is 0 Å². The minimum Gasteiger partial charge on any atom is -0.418 e. The van der Waals surface area contributed by atoms with E-state index in [4.69, 9.17) is 0 Å². The van der Waals surface area contributed by atoms with Gasteiger partial charge in [-0.1, -0.05) is 38.5 Å². The summed E-state index contributed by atoms with van der Waals surface area (Å²) in [6.07, 6.45) is 9.36. The lowest BCUT2D eigenvalue weighted by atomic mass is 9.71. The summed E-state index contributed by atoms with van der Waals surface area (Å²) in [5, 5.41) is 0. The first-order chi connectivity index (χ1) is 7.95. The van der Waals surface area contributed by atoms with E-state index in [9.17, 15) is 34.5 Å². The van der Waals surface area contributed by atoms with Crippen molar-refractivity contribution in [3.63, 3.8) is 0 Å². The van der Waals surface area contributed by atoms with E-state index in [1.54, 1.807) is 38.5 Å². The van der Waals surface area contributed by atoms with Crippen LogP contribution < -0.4 is 0 Å². The standard InChI is InChI=1S/C8H14.2BF4/c1-2-8-5-3-7(1)4-6-8;2*2-1(3,4)5/h7-8H,1-6H2;;/q;2*-1. The largest absolute Gasteiger partial charge is 0.673 e. The minimum absolute atomic E-state index is 1.15. The first-order valence-electron chi connectivity index (χ1n) is 5.70. The highest BCUT2D eigenvalue weighted by atomic mass is 19.5. The van der Waals surface area contributed by atoms with Crippen LogP contribution >= 0.6 is 0 Å². The van der Waals surface area contributed by atoms with Crippen LogP contribution in [0.5, 0.6) is 0 Å². The molecule has 2 bridgehead atoms. The van der Waals surface area contributed by atoms with Gasteiger partial charge in [-0.05, 0) is 11.8 Å². The van der Waals surface area contributed by atoms with Crippen LogP contribution in [0.2, 0.25) is 0 Å². The molecule has 0 spiro atoms. The van der Waals surface area contributed by atoms with Crippen molar-refractivity contribution >= 4 is 14.5 Å². The van der Waals surface area contributed by atoms with Crippen molar-refractivity contribution in [2.24, 2.45) is 11.8 Å². The van der Waals surface area contributed by atoms with Gasteiger partial charge >= 0.3 is 14.5 Å². The van der Waals surface area contributed by atoms with Crippen molar-refractivity contribution in [2.45, 2.75) is 38.5 Å². The summed E-state index contributed by atoms with van der Waals surface area (Å²) < 4.78 is 78.0. The molecular weight excluding hydrogens is 270 g/mol. The Morgan fingerprint density at radius 1 is 0.444 bits per heavy atom. The average molecular weight is 284 g/mol. The van der Waals surface area contributed by atoms with Crippen molar-refractivity contribution < 1.29 is 34.5 Å². The minimum atomic E-state index is -6.00. The maximum atomic E-state index is 9.75. The molecule has 3 rings (SSSR count). The van der Waals surface area contributed by atoms with E-state index in [1.165, 1.54) is 0 Å². The normalized spacial score (nSPS) is 26.7. The van der Waals surface area contributed by atoms with E-state index in [1.807, 2.05) is 0 Å². The van der Waals surface area contributed by atoms with Gasteiger partial charge in [-0.2, -0.15) is 0 Å². The summed E-state index contributed by atoms with van der Waals surface area (Å²) in [4.78, 5) is 0. The van der Waals surface area contributed by atoms with Crippen LogP contribution in [0.15, 0.2) is 0 Å². The summed E-state index contributed by atoms with van der Waals surface area (Å²) in [6, 6.07) is 0. The Morgan fingerprint density at radius 3 is 0.611 bits per heavy atom. The molecule has 0 N–H and O–H groups in total. The Labute approximate surface area is 100 Å². The molecule has 0 aromatic carbocycles. The summed E-state index contributed by atoms with van der Waals surface area (Å²) in [5.74, 6) is 2.31. The van der Waals surface area contributed by atoms with Crippen LogP contribution in [0.4, 0.5) is 34.5 Å². The number of halogens is 8. The fraction of sp³-hybridized carbons (Fsp3) is 1.00. The van der Waals surface area contributed by atoms with E-state index < -0.39 is 14.5 Å². The SMILES string of the molecule is C1CC2CCC1CC2.F[B-](F)(F)F.F[B-](F)(F)F. The molecule has 3 aliphatic carbocycles. The van der Waals surface area contributed by atoms with Crippen molar-refractivity contribution in [3.05, 3.63) is 0 Å². The number of hydrogen-bond donors (Lipinski definition) is 0. The average Bonchev–Trinajstić information content (AvgIpc) is 2.15. The van der Waals surface area contributed by atoms with Gasteiger partial charge in [0.25, 0.3) is 0 Å². The highest BCUT2D eigenvalue weighted by Crippen LogP contribution is 2.40. The van der Waals surface area contributed by atoms with Gasteiger partial charge in [0.2, 0.25) is 0 Å². The fourth-order valence-electron chi connectivity index (χ4n) is 2.28. The molecule has 0 aromatic heterocycles. The molecule has 0 saturated heterocycles. The third-order valence-corrected chi connectivity index (χ3v) is 2.95. The van der Waals surface area contributed by atoms with Crippen molar-refractivity contribution in [1.82, 2.24) is 0 Å². The molecular formula is C8H14B2F8-2. The van der Waals surface area contributed by atoms with Crippen molar-refractivity contribution in [2.75, 3.05) is 0 Å².